The fraction of sp³-hybridized carbons (Fsp3) is 0.500. The summed E-state index contributed by atoms with van der Waals surface area (Å²) in [5.74, 6) is -2.40. The molecule has 80 valence electrons. The van der Waals surface area contributed by atoms with Crippen molar-refractivity contribution in [2.24, 2.45) is 17.1 Å². The highest BCUT2D eigenvalue weighted by Crippen LogP contribution is 2.38. The number of hydrogen-bond acceptors (Lipinski definition) is 2. The van der Waals surface area contributed by atoms with Crippen molar-refractivity contribution in [1.82, 2.24) is 0 Å². The minimum atomic E-state index is -1.45. The first-order valence-electron chi connectivity index (χ1n) is 4.30. The predicted molar refractivity (Wildman–Crippen MR) is 53.1 cm³/mol. The molecule has 0 saturated carbocycles. The third-order valence-corrected chi connectivity index (χ3v) is 2.56. The van der Waals surface area contributed by atoms with Gasteiger partial charge in [0.05, 0.1) is 0 Å². The molecule has 0 aliphatic carbocycles. The van der Waals surface area contributed by atoms with Crippen LogP contribution in [-0.2, 0) is 4.79 Å². The number of aliphatic carboxylic acids is 1. The molecular weight excluding hydrogens is 185 g/mol. The van der Waals surface area contributed by atoms with Crippen molar-refractivity contribution in [3.05, 3.63) is 24.2 Å². The first-order chi connectivity index (χ1) is 6.27. The monoisotopic (exact) mass is 201 g/mol. The molecule has 0 aliphatic heterocycles. The number of halogens is 1. The second kappa shape index (κ2) is 4.26. The summed E-state index contributed by atoms with van der Waals surface area (Å²) in [5.41, 5.74) is 3.34. The fourth-order valence-electron chi connectivity index (χ4n) is 0.963. The molecule has 3 N–H and O–H groups in total. The SMILES string of the molecule is C=CC(C)(/C(F)=C(\N)C(=O)O)C(C)C. The molecule has 0 aromatic carbocycles. The van der Waals surface area contributed by atoms with E-state index in [1.165, 1.54) is 6.08 Å². The van der Waals surface area contributed by atoms with Gasteiger partial charge in [0.15, 0.2) is 5.70 Å². The molecule has 14 heavy (non-hydrogen) atoms. The van der Waals surface area contributed by atoms with Crippen LogP contribution in [0.2, 0.25) is 0 Å². The van der Waals surface area contributed by atoms with E-state index in [1.54, 1.807) is 20.8 Å². The highest BCUT2D eigenvalue weighted by Gasteiger charge is 2.33. The number of carbonyl (C=O) groups is 1. The number of carboxylic acids is 1. The van der Waals surface area contributed by atoms with Gasteiger partial charge in [-0.05, 0) is 12.8 Å². The molecule has 0 aliphatic rings. The summed E-state index contributed by atoms with van der Waals surface area (Å²) in [6.45, 7) is 8.61. The van der Waals surface area contributed by atoms with E-state index in [0.29, 0.717) is 0 Å². The smallest absolute Gasteiger partial charge is 0.354 e. The molecule has 0 radical (unpaired) electrons. The maximum absolute atomic E-state index is 13.6. The summed E-state index contributed by atoms with van der Waals surface area (Å²) in [7, 11) is 0. The number of hydrogen-bond donors (Lipinski definition) is 2. The molecule has 0 amide bonds. The van der Waals surface area contributed by atoms with Gasteiger partial charge in [-0.1, -0.05) is 19.9 Å². The van der Waals surface area contributed by atoms with Gasteiger partial charge in [-0.3, -0.25) is 0 Å². The summed E-state index contributed by atoms with van der Waals surface area (Å²) in [6.07, 6.45) is 1.38. The van der Waals surface area contributed by atoms with Crippen LogP contribution < -0.4 is 5.73 Å². The Labute approximate surface area is 83.1 Å². The van der Waals surface area contributed by atoms with Gasteiger partial charge in [0.25, 0.3) is 0 Å². The number of nitrogens with two attached hydrogens (primary N) is 1. The normalized spacial score (nSPS) is 17.2. The zero-order chi connectivity index (χ0) is 11.5. The largest absolute Gasteiger partial charge is 0.477 e. The Morgan fingerprint density at radius 3 is 2.29 bits per heavy atom. The Balaban J connectivity index is 5.36. The second-order valence-electron chi connectivity index (χ2n) is 3.67. The van der Waals surface area contributed by atoms with Crippen molar-refractivity contribution < 1.29 is 14.3 Å². The van der Waals surface area contributed by atoms with Gasteiger partial charge in [-0.25, -0.2) is 9.18 Å². The lowest BCUT2D eigenvalue weighted by atomic mass is 9.77. The standard InChI is InChI=1S/C10H16FNO2/c1-5-10(4,6(2)3)8(11)7(12)9(13)14/h5-6H,1,12H2,2-4H3,(H,13,14)/b8-7+. The van der Waals surface area contributed by atoms with Crippen molar-refractivity contribution in [2.45, 2.75) is 20.8 Å². The van der Waals surface area contributed by atoms with E-state index in [2.05, 4.69) is 6.58 Å². The van der Waals surface area contributed by atoms with Crippen LogP contribution in [0.4, 0.5) is 4.39 Å². The van der Waals surface area contributed by atoms with Gasteiger partial charge in [0.1, 0.15) is 5.83 Å². The number of carboxylic acid groups (broad SMARTS) is 1. The summed E-state index contributed by atoms with van der Waals surface area (Å²) in [6, 6.07) is 0. The van der Waals surface area contributed by atoms with Crippen LogP contribution >= 0.6 is 0 Å². The number of allylic oxidation sites excluding steroid dienone is 2. The molecule has 4 heteroatoms. The topological polar surface area (TPSA) is 63.3 Å². The lowest BCUT2D eigenvalue weighted by molar-refractivity contribution is -0.133. The van der Waals surface area contributed by atoms with E-state index in [-0.39, 0.29) is 5.92 Å². The summed E-state index contributed by atoms with van der Waals surface area (Å²) in [5, 5.41) is 8.54. The van der Waals surface area contributed by atoms with Crippen LogP contribution in [0.5, 0.6) is 0 Å². The molecule has 0 aromatic heterocycles. The summed E-state index contributed by atoms with van der Waals surface area (Å²) < 4.78 is 13.6. The Morgan fingerprint density at radius 2 is 2.07 bits per heavy atom. The third-order valence-electron chi connectivity index (χ3n) is 2.56. The van der Waals surface area contributed by atoms with Crippen LogP contribution in [0.25, 0.3) is 0 Å². The first-order valence-corrected chi connectivity index (χ1v) is 4.30. The van der Waals surface area contributed by atoms with Crippen LogP contribution in [0.3, 0.4) is 0 Å². The molecule has 0 rings (SSSR count). The van der Waals surface area contributed by atoms with E-state index < -0.39 is 22.9 Å². The van der Waals surface area contributed by atoms with Gasteiger partial charge >= 0.3 is 5.97 Å². The molecule has 3 nitrogen and oxygen atoms in total. The lowest BCUT2D eigenvalue weighted by Crippen LogP contribution is -2.26. The minimum absolute atomic E-state index is 0.113. The van der Waals surface area contributed by atoms with E-state index in [0.717, 1.165) is 0 Å². The van der Waals surface area contributed by atoms with Crippen molar-refractivity contribution in [3.63, 3.8) is 0 Å². The van der Waals surface area contributed by atoms with E-state index in [4.69, 9.17) is 10.8 Å². The lowest BCUT2D eigenvalue weighted by Gasteiger charge is -2.28. The van der Waals surface area contributed by atoms with Gasteiger partial charge < -0.3 is 10.8 Å². The molecule has 0 spiro atoms. The van der Waals surface area contributed by atoms with Crippen LogP contribution in [0, 0.1) is 11.3 Å². The average Bonchev–Trinajstić information content (AvgIpc) is 2.13. The van der Waals surface area contributed by atoms with Crippen molar-refractivity contribution in [2.75, 3.05) is 0 Å². The highest BCUT2D eigenvalue weighted by atomic mass is 19.1. The Hall–Kier alpha value is -1.32. The molecule has 0 saturated heterocycles. The van der Waals surface area contributed by atoms with E-state index in [1.807, 2.05) is 0 Å². The van der Waals surface area contributed by atoms with Gasteiger partial charge in [-0.15, -0.1) is 6.58 Å². The minimum Gasteiger partial charge on any atom is -0.477 e. The maximum atomic E-state index is 13.6. The second-order valence-corrected chi connectivity index (χ2v) is 3.67. The van der Waals surface area contributed by atoms with E-state index in [9.17, 15) is 9.18 Å². The first kappa shape index (κ1) is 12.7. The Kier molecular flexibility index (Phi) is 3.86. The fourth-order valence-corrected chi connectivity index (χ4v) is 0.963. The predicted octanol–water partition coefficient (Wildman–Crippen LogP) is 2.06. The quantitative estimate of drug-likeness (QED) is 0.540. The molecular formula is C10H16FNO2. The summed E-state index contributed by atoms with van der Waals surface area (Å²) >= 11 is 0. The molecule has 1 unspecified atom stereocenters. The number of rotatable bonds is 4. The zero-order valence-corrected chi connectivity index (χ0v) is 8.67. The highest BCUT2D eigenvalue weighted by molar-refractivity contribution is 5.86. The summed E-state index contributed by atoms with van der Waals surface area (Å²) in [4.78, 5) is 10.5. The van der Waals surface area contributed by atoms with Crippen molar-refractivity contribution in [3.8, 4) is 0 Å². The maximum Gasteiger partial charge on any atom is 0.354 e. The van der Waals surface area contributed by atoms with Gasteiger partial charge in [-0.2, -0.15) is 0 Å². The van der Waals surface area contributed by atoms with Crippen LogP contribution in [0.1, 0.15) is 20.8 Å². The molecule has 0 aromatic rings. The van der Waals surface area contributed by atoms with Crippen molar-refractivity contribution in [1.29, 1.82) is 0 Å². The zero-order valence-electron chi connectivity index (χ0n) is 8.67. The third kappa shape index (κ3) is 2.13. The Morgan fingerprint density at radius 1 is 1.64 bits per heavy atom. The van der Waals surface area contributed by atoms with Crippen molar-refractivity contribution >= 4 is 5.97 Å². The van der Waals surface area contributed by atoms with E-state index >= 15 is 0 Å². The average molecular weight is 201 g/mol. The molecule has 0 bridgehead atoms. The molecule has 1 atom stereocenters. The molecule has 0 fully saturated rings. The van der Waals surface area contributed by atoms with Gasteiger partial charge in [0, 0.05) is 5.41 Å². The molecule has 0 heterocycles. The van der Waals surface area contributed by atoms with Gasteiger partial charge in [0.2, 0.25) is 0 Å². The van der Waals surface area contributed by atoms with Crippen LogP contribution in [-0.4, -0.2) is 11.1 Å². The van der Waals surface area contributed by atoms with Crippen LogP contribution in [0.15, 0.2) is 24.2 Å². The Bertz CT molecular complexity index is 284.